The molecule has 1 aromatic carbocycles. The molecule has 1 N–H and O–H groups in total. The van der Waals surface area contributed by atoms with Crippen molar-refractivity contribution in [2.24, 2.45) is 0 Å². The van der Waals surface area contributed by atoms with Crippen molar-refractivity contribution in [3.63, 3.8) is 0 Å². The minimum Gasteiger partial charge on any atom is -0.363 e. The van der Waals surface area contributed by atoms with E-state index in [-0.39, 0.29) is 5.56 Å². The van der Waals surface area contributed by atoms with E-state index < -0.39 is 0 Å². The molecule has 0 fully saturated rings. The van der Waals surface area contributed by atoms with Crippen molar-refractivity contribution in [3.05, 3.63) is 70.5 Å². The summed E-state index contributed by atoms with van der Waals surface area (Å²) in [6.45, 7) is 0. The summed E-state index contributed by atoms with van der Waals surface area (Å²) < 4.78 is 1.55. The van der Waals surface area contributed by atoms with Gasteiger partial charge in [-0.2, -0.15) is 0 Å². The van der Waals surface area contributed by atoms with Gasteiger partial charge in [0.1, 0.15) is 5.69 Å². The monoisotopic (exact) mass is 225 g/mol. The number of imidazole rings is 1. The topological polar surface area (TPSA) is 50.7 Å². The van der Waals surface area contributed by atoms with Crippen LogP contribution in [0.25, 0.3) is 5.82 Å². The van der Waals surface area contributed by atoms with Gasteiger partial charge in [-0.3, -0.25) is 9.36 Å². The molecule has 0 saturated carbocycles. The zero-order valence-corrected chi connectivity index (χ0v) is 9.13. The largest absolute Gasteiger partial charge is 0.363 e. The molecule has 0 aromatic heterocycles. The molecule has 0 amide bonds. The van der Waals surface area contributed by atoms with Gasteiger partial charge in [0.05, 0.1) is 0 Å². The Morgan fingerprint density at radius 3 is 2.82 bits per heavy atom. The van der Waals surface area contributed by atoms with E-state index in [0.717, 1.165) is 5.56 Å². The number of rotatable bonds is 2. The van der Waals surface area contributed by atoms with Gasteiger partial charge in [-0.25, -0.2) is 4.98 Å². The lowest BCUT2D eigenvalue weighted by Gasteiger charge is -1.95. The van der Waals surface area contributed by atoms with Gasteiger partial charge in [0.2, 0.25) is 0 Å². The van der Waals surface area contributed by atoms with Crippen molar-refractivity contribution in [2.45, 2.75) is 6.42 Å². The number of fused-ring (bicyclic) bond motifs is 1. The Morgan fingerprint density at radius 2 is 2.06 bits per heavy atom. The van der Waals surface area contributed by atoms with Gasteiger partial charge in [0.25, 0.3) is 5.56 Å². The molecule has 3 rings (SSSR count). The summed E-state index contributed by atoms with van der Waals surface area (Å²) in [5.74, 6) is 0.656. The molecule has 84 valence electrons. The molecule has 2 aliphatic rings. The molecule has 0 spiro atoms. The molecule has 2 heterocycles. The van der Waals surface area contributed by atoms with Crippen LogP contribution in [0.1, 0.15) is 11.3 Å². The fourth-order valence-electron chi connectivity index (χ4n) is 1.87. The smallest absolute Gasteiger partial charge is 0.278 e. The van der Waals surface area contributed by atoms with Gasteiger partial charge < -0.3 is 4.98 Å². The first-order chi connectivity index (χ1) is 8.34. The van der Waals surface area contributed by atoms with E-state index in [2.05, 4.69) is 9.97 Å². The molecular weight excluding hydrogens is 214 g/mol. The lowest BCUT2D eigenvalue weighted by atomic mass is 10.1. The van der Waals surface area contributed by atoms with Crippen molar-refractivity contribution in [3.8, 4) is 5.82 Å². The fraction of sp³-hybridized carbons (Fsp3) is 0.0769. The van der Waals surface area contributed by atoms with E-state index >= 15 is 0 Å². The second-order valence-electron chi connectivity index (χ2n) is 3.88. The second-order valence-corrected chi connectivity index (χ2v) is 3.88. The summed E-state index contributed by atoms with van der Waals surface area (Å²) in [4.78, 5) is 19.3. The highest BCUT2D eigenvalue weighted by Gasteiger charge is 2.13. The minimum atomic E-state index is -0.0437. The van der Waals surface area contributed by atoms with E-state index in [4.69, 9.17) is 0 Å². The quantitative estimate of drug-likeness (QED) is 0.720. The van der Waals surface area contributed by atoms with Crippen LogP contribution in [0.2, 0.25) is 0 Å². The van der Waals surface area contributed by atoms with Gasteiger partial charge in [0.15, 0.2) is 5.82 Å². The van der Waals surface area contributed by atoms with Crippen molar-refractivity contribution in [2.75, 3.05) is 0 Å². The maximum absolute atomic E-state index is 12.0. The maximum Gasteiger partial charge on any atom is 0.278 e. The molecule has 0 bridgehead atoms. The standard InChI is InChI=1S/C13H11N3O/c17-13-11(8-10-4-2-1-3-5-10)15-12-9-14-6-7-16(12)13/h1-7,9,14H,8H2. The van der Waals surface area contributed by atoms with Crippen molar-refractivity contribution < 1.29 is 0 Å². The van der Waals surface area contributed by atoms with Crippen LogP contribution in [0, 0.1) is 0 Å². The first-order valence-corrected chi connectivity index (χ1v) is 5.42. The molecule has 0 atom stereocenters. The zero-order valence-electron chi connectivity index (χ0n) is 9.13. The van der Waals surface area contributed by atoms with Crippen LogP contribution in [-0.4, -0.2) is 14.5 Å². The van der Waals surface area contributed by atoms with Crippen molar-refractivity contribution in [1.82, 2.24) is 14.5 Å². The molecule has 1 aromatic rings. The molecule has 17 heavy (non-hydrogen) atoms. The molecule has 0 aliphatic carbocycles. The van der Waals surface area contributed by atoms with Crippen LogP contribution < -0.4 is 5.56 Å². The summed E-state index contributed by atoms with van der Waals surface area (Å²) in [5.41, 5.74) is 1.63. The first kappa shape index (κ1) is 9.84. The number of aromatic nitrogens is 3. The molecule has 2 aliphatic heterocycles. The van der Waals surface area contributed by atoms with Gasteiger partial charge in [-0.1, -0.05) is 30.3 Å². The van der Waals surface area contributed by atoms with Crippen LogP contribution in [0.4, 0.5) is 0 Å². The summed E-state index contributed by atoms with van der Waals surface area (Å²) in [6.07, 6.45) is 5.69. The van der Waals surface area contributed by atoms with Crippen molar-refractivity contribution >= 4 is 0 Å². The number of H-pyrrole nitrogens is 1. The second kappa shape index (κ2) is 3.90. The molecular formula is C13H11N3O. The average molecular weight is 225 g/mol. The highest BCUT2D eigenvalue weighted by atomic mass is 16.1. The summed E-state index contributed by atoms with van der Waals surface area (Å²) in [5, 5.41) is 0. The predicted molar refractivity (Wildman–Crippen MR) is 64.6 cm³/mol. The number of benzene rings is 1. The number of nitrogens with zero attached hydrogens (tertiary/aromatic N) is 2. The Hall–Kier alpha value is -2.36. The number of aromatic amines is 1. The van der Waals surface area contributed by atoms with Gasteiger partial charge >= 0.3 is 0 Å². The lowest BCUT2D eigenvalue weighted by Crippen LogP contribution is -2.14. The van der Waals surface area contributed by atoms with Crippen LogP contribution in [0.3, 0.4) is 0 Å². The summed E-state index contributed by atoms with van der Waals surface area (Å²) in [7, 11) is 0. The van der Waals surface area contributed by atoms with Gasteiger partial charge in [-0.15, -0.1) is 0 Å². The SMILES string of the molecule is O=c1c(Cc2ccccc2)nc2c[nH]ccn1-2. The average Bonchev–Trinajstić information content (AvgIpc) is 2.68. The molecule has 0 saturated heterocycles. The molecule has 4 nitrogen and oxygen atoms in total. The van der Waals surface area contributed by atoms with Crippen LogP contribution in [-0.2, 0) is 6.42 Å². The van der Waals surface area contributed by atoms with Crippen LogP contribution in [0.15, 0.2) is 53.7 Å². The predicted octanol–water partition coefficient (Wildman–Crippen LogP) is 1.59. The first-order valence-electron chi connectivity index (χ1n) is 5.42. The van der Waals surface area contributed by atoms with E-state index in [1.807, 2.05) is 30.3 Å². The Bertz CT molecular complexity index is 654. The van der Waals surface area contributed by atoms with Gasteiger partial charge in [-0.05, 0) is 5.56 Å². The van der Waals surface area contributed by atoms with E-state index in [9.17, 15) is 4.79 Å². The highest BCUT2D eigenvalue weighted by molar-refractivity contribution is 5.28. The molecule has 0 unspecified atom stereocenters. The fourth-order valence-corrected chi connectivity index (χ4v) is 1.87. The third-order valence-electron chi connectivity index (χ3n) is 2.71. The minimum absolute atomic E-state index is 0.0437. The Morgan fingerprint density at radius 1 is 1.24 bits per heavy atom. The maximum atomic E-state index is 12.0. The molecule has 0 radical (unpaired) electrons. The normalized spacial score (nSPS) is 10.8. The van der Waals surface area contributed by atoms with Gasteiger partial charge in [0, 0.05) is 25.0 Å². The summed E-state index contributed by atoms with van der Waals surface area (Å²) >= 11 is 0. The zero-order chi connectivity index (χ0) is 11.7. The Labute approximate surface area is 97.9 Å². The molecule has 4 heteroatoms. The Balaban J connectivity index is 2.05. The summed E-state index contributed by atoms with van der Waals surface area (Å²) in [6, 6.07) is 9.87. The third kappa shape index (κ3) is 1.73. The van der Waals surface area contributed by atoms with Crippen LogP contribution >= 0.6 is 0 Å². The lowest BCUT2D eigenvalue weighted by molar-refractivity contribution is 0.967. The highest BCUT2D eigenvalue weighted by Crippen LogP contribution is 2.08. The number of hydrogen-bond acceptors (Lipinski definition) is 2. The number of hydrogen-bond donors (Lipinski definition) is 1. The van der Waals surface area contributed by atoms with E-state index in [0.29, 0.717) is 17.9 Å². The number of nitrogens with one attached hydrogen (secondary N) is 1. The van der Waals surface area contributed by atoms with Crippen LogP contribution in [0.5, 0.6) is 0 Å². The third-order valence-corrected chi connectivity index (χ3v) is 2.71. The van der Waals surface area contributed by atoms with Crippen molar-refractivity contribution in [1.29, 1.82) is 0 Å². The van der Waals surface area contributed by atoms with E-state index in [1.54, 1.807) is 23.2 Å². The Kier molecular flexibility index (Phi) is 2.26. The van der Waals surface area contributed by atoms with E-state index in [1.165, 1.54) is 0 Å².